The fourth-order valence-electron chi connectivity index (χ4n) is 2.62. The van der Waals surface area contributed by atoms with Crippen molar-refractivity contribution in [1.82, 2.24) is 10.2 Å². The van der Waals surface area contributed by atoms with Crippen LogP contribution in [0.2, 0.25) is 0 Å². The third kappa shape index (κ3) is 4.54. The first kappa shape index (κ1) is 15.9. The number of piperidine rings is 1. The van der Waals surface area contributed by atoms with Gasteiger partial charge in [-0.05, 0) is 72.4 Å². The van der Waals surface area contributed by atoms with Crippen LogP contribution in [0.3, 0.4) is 0 Å². The molecule has 2 nitrogen and oxygen atoms in total. The topological polar surface area (TPSA) is 15.3 Å². The Labute approximate surface area is 129 Å². The quantitative estimate of drug-likeness (QED) is 0.870. The zero-order valence-corrected chi connectivity index (χ0v) is 13.9. The highest BCUT2D eigenvalue weighted by molar-refractivity contribution is 9.10. The summed E-state index contributed by atoms with van der Waals surface area (Å²) in [5.74, 6) is 0.679. The molecule has 112 valence electrons. The second-order valence-corrected chi connectivity index (χ2v) is 6.73. The van der Waals surface area contributed by atoms with Gasteiger partial charge in [-0.1, -0.05) is 13.0 Å². The molecule has 0 aromatic heterocycles. The second-order valence-electron chi connectivity index (χ2n) is 5.87. The predicted molar refractivity (Wildman–Crippen MR) is 85.4 cm³/mol. The number of halogens is 2. The molecule has 1 N–H and O–H groups in total. The summed E-state index contributed by atoms with van der Waals surface area (Å²) in [6.45, 7) is 8.98. The van der Waals surface area contributed by atoms with Crippen LogP contribution >= 0.6 is 15.9 Å². The van der Waals surface area contributed by atoms with Crippen LogP contribution < -0.4 is 5.32 Å². The molecular weight excluding hydrogens is 319 g/mol. The van der Waals surface area contributed by atoms with Crippen LogP contribution in [0.5, 0.6) is 0 Å². The maximum Gasteiger partial charge on any atom is 0.137 e. The molecule has 0 spiro atoms. The van der Waals surface area contributed by atoms with E-state index in [2.05, 4.69) is 40.0 Å². The van der Waals surface area contributed by atoms with Crippen molar-refractivity contribution in [1.29, 1.82) is 0 Å². The van der Waals surface area contributed by atoms with Crippen LogP contribution in [0.25, 0.3) is 0 Å². The van der Waals surface area contributed by atoms with Gasteiger partial charge in [0.1, 0.15) is 5.82 Å². The molecule has 1 aliphatic heterocycles. The molecule has 1 aromatic carbocycles. The molecule has 1 aliphatic rings. The molecule has 0 aliphatic carbocycles. The van der Waals surface area contributed by atoms with E-state index in [0.29, 0.717) is 4.47 Å². The van der Waals surface area contributed by atoms with Gasteiger partial charge < -0.3 is 10.2 Å². The molecule has 1 atom stereocenters. The first-order valence-corrected chi connectivity index (χ1v) is 8.26. The van der Waals surface area contributed by atoms with Gasteiger partial charge in [-0.25, -0.2) is 4.39 Å². The van der Waals surface area contributed by atoms with Crippen LogP contribution in [0.1, 0.15) is 38.3 Å². The molecule has 1 unspecified atom stereocenters. The summed E-state index contributed by atoms with van der Waals surface area (Å²) in [6.07, 6.45) is 2.64. The molecule has 0 saturated carbocycles. The van der Waals surface area contributed by atoms with Gasteiger partial charge in [-0.3, -0.25) is 0 Å². The summed E-state index contributed by atoms with van der Waals surface area (Å²) in [6, 6.07) is 5.47. The standard InChI is InChI=1S/C16H24BrFN2/c1-12-5-8-20(9-6-12)10-7-19-13(2)14-3-4-16(18)15(17)11-14/h3-4,11-13,19H,5-10H2,1-2H3. The minimum absolute atomic E-state index is 0.205. The average molecular weight is 343 g/mol. The van der Waals surface area contributed by atoms with Gasteiger partial charge in [-0.15, -0.1) is 0 Å². The Hall–Kier alpha value is -0.450. The second kappa shape index (κ2) is 7.53. The third-order valence-corrected chi connectivity index (χ3v) is 4.81. The zero-order chi connectivity index (χ0) is 14.5. The molecule has 0 bridgehead atoms. The number of hydrogen-bond acceptors (Lipinski definition) is 2. The highest BCUT2D eigenvalue weighted by atomic mass is 79.9. The van der Waals surface area contributed by atoms with Crippen LogP contribution in [0.4, 0.5) is 4.39 Å². The molecule has 0 radical (unpaired) electrons. The van der Waals surface area contributed by atoms with Crippen molar-refractivity contribution in [3.63, 3.8) is 0 Å². The van der Waals surface area contributed by atoms with Gasteiger partial charge in [0.05, 0.1) is 4.47 Å². The van der Waals surface area contributed by atoms with Gasteiger partial charge in [0, 0.05) is 19.1 Å². The van der Waals surface area contributed by atoms with Gasteiger partial charge in [0.2, 0.25) is 0 Å². The van der Waals surface area contributed by atoms with E-state index in [9.17, 15) is 4.39 Å². The van der Waals surface area contributed by atoms with E-state index < -0.39 is 0 Å². The molecule has 20 heavy (non-hydrogen) atoms. The summed E-state index contributed by atoms with van der Waals surface area (Å²) in [7, 11) is 0. The van der Waals surface area contributed by atoms with E-state index in [1.54, 1.807) is 0 Å². The Balaban J connectivity index is 1.74. The number of benzene rings is 1. The molecule has 1 heterocycles. The maximum atomic E-state index is 13.2. The fourth-order valence-corrected chi connectivity index (χ4v) is 3.02. The minimum Gasteiger partial charge on any atom is -0.309 e. The normalized spacial score (nSPS) is 19.2. The van der Waals surface area contributed by atoms with Crippen molar-refractivity contribution in [3.05, 3.63) is 34.1 Å². The van der Waals surface area contributed by atoms with Gasteiger partial charge in [0.15, 0.2) is 0 Å². The molecule has 4 heteroatoms. The predicted octanol–water partition coefficient (Wildman–Crippen LogP) is 3.97. The van der Waals surface area contributed by atoms with Crippen LogP contribution in [-0.4, -0.2) is 31.1 Å². The van der Waals surface area contributed by atoms with Crippen molar-refractivity contribution >= 4 is 15.9 Å². The van der Waals surface area contributed by atoms with Gasteiger partial charge in [0.25, 0.3) is 0 Å². The Morgan fingerprint density at radius 3 is 2.75 bits per heavy atom. The van der Waals surface area contributed by atoms with E-state index in [4.69, 9.17) is 0 Å². The summed E-state index contributed by atoms with van der Waals surface area (Å²) in [5, 5.41) is 3.52. The summed E-state index contributed by atoms with van der Waals surface area (Å²) in [5.41, 5.74) is 1.12. The molecule has 1 aromatic rings. The van der Waals surface area contributed by atoms with Crippen molar-refractivity contribution in [3.8, 4) is 0 Å². The third-order valence-electron chi connectivity index (χ3n) is 4.20. The van der Waals surface area contributed by atoms with Crippen LogP contribution in [0, 0.1) is 11.7 Å². The first-order valence-electron chi connectivity index (χ1n) is 7.47. The lowest BCUT2D eigenvalue weighted by Crippen LogP contribution is -2.38. The van der Waals surface area contributed by atoms with Crippen molar-refractivity contribution < 1.29 is 4.39 Å². The maximum absolute atomic E-state index is 13.2. The lowest BCUT2D eigenvalue weighted by Gasteiger charge is -2.30. The number of nitrogens with zero attached hydrogens (tertiary/aromatic N) is 1. The van der Waals surface area contributed by atoms with E-state index in [-0.39, 0.29) is 11.9 Å². The molecule has 1 saturated heterocycles. The van der Waals surface area contributed by atoms with E-state index in [1.165, 1.54) is 32.0 Å². The monoisotopic (exact) mass is 342 g/mol. The van der Waals surface area contributed by atoms with Crippen LogP contribution in [0.15, 0.2) is 22.7 Å². The summed E-state index contributed by atoms with van der Waals surface area (Å²) < 4.78 is 13.8. The van der Waals surface area contributed by atoms with Crippen molar-refractivity contribution in [2.24, 2.45) is 5.92 Å². The SMILES string of the molecule is CC1CCN(CCNC(C)c2ccc(F)c(Br)c2)CC1. The largest absolute Gasteiger partial charge is 0.309 e. The van der Waals surface area contributed by atoms with Crippen molar-refractivity contribution in [2.45, 2.75) is 32.7 Å². The van der Waals surface area contributed by atoms with Crippen LogP contribution in [-0.2, 0) is 0 Å². The molecule has 1 fully saturated rings. The summed E-state index contributed by atoms with van der Waals surface area (Å²) in [4.78, 5) is 2.53. The average Bonchev–Trinajstić information content (AvgIpc) is 2.44. The van der Waals surface area contributed by atoms with E-state index >= 15 is 0 Å². The van der Waals surface area contributed by atoms with E-state index in [0.717, 1.165) is 24.6 Å². The first-order chi connectivity index (χ1) is 9.56. The highest BCUT2D eigenvalue weighted by Gasteiger charge is 2.15. The number of nitrogens with one attached hydrogen (secondary N) is 1. The minimum atomic E-state index is -0.205. The Kier molecular flexibility index (Phi) is 6.00. The number of rotatable bonds is 5. The van der Waals surface area contributed by atoms with E-state index in [1.807, 2.05) is 12.1 Å². The number of likely N-dealkylation sites (tertiary alicyclic amines) is 1. The molecular formula is C16H24BrFN2. The molecule has 2 rings (SSSR count). The Bertz CT molecular complexity index is 430. The summed E-state index contributed by atoms with van der Waals surface area (Å²) >= 11 is 3.24. The Morgan fingerprint density at radius 2 is 2.10 bits per heavy atom. The molecule has 0 amide bonds. The fraction of sp³-hybridized carbons (Fsp3) is 0.625. The smallest absolute Gasteiger partial charge is 0.137 e. The van der Waals surface area contributed by atoms with Gasteiger partial charge >= 0.3 is 0 Å². The lowest BCUT2D eigenvalue weighted by molar-refractivity contribution is 0.191. The zero-order valence-electron chi connectivity index (χ0n) is 12.3. The van der Waals surface area contributed by atoms with Gasteiger partial charge in [-0.2, -0.15) is 0 Å². The highest BCUT2D eigenvalue weighted by Crippen LogP contribution is 2.21. The lowest BCUT2D eigenvalue weighted by atomic mass is 9.99. The van der Waals surface area contributed by atoms with Crippen molar-refractivity contribution in [2.75, 3.05) is 26.2 Å². The Morgan fingerprint density at radius 1 is 1.40 bits per heavy atom. The number of hydrogen-bond donors (Lipinski definition) is 1.